The van der Waals surface area contributed by atoms with Gasteiger partial charge in [-0.15, -0.1) is 0 Å². The number of carboxylic acid groups (broad SMARTS) is 1. The Balaban J connectivity index is 1.46. The van der Waals surface area contributed by atoms with Crippen LogP contribution in [-0.4, -0.2) is 54.1 Å². The van der Waals surface area contributed by atoms with Gasteiger partial charge in [-0.1, -0.05) is 42.5 Å². The van der Waals surface area contributed by atoms with Gasteiger partial charge in [-0.3, -0.25) is 9.69 Å². The van der Waals surface area contributed by atoms with E-state index in [9.17, 15) is 14.7 Å². The van der Waals surface area contributed by atoms with Crippen LogP contribution in [0.4, 0.5) is 5.69 Å². The highest BCUT2D eigenvalue weighted by Gasteiger charge is 2.19. The molecule has 7 heteroatoms. The summed E-state index contributed by atoms with van der Waals surface area (Å²) >= 11 is 0. The number of hydrogen-bond donors (Lipinski definition) is 2. The van der Waals surface area contributed by atoms with Crippen LogP contribution in [0.2, 0.25) is 0 Å². The van der Waals surface area contributed by atoms with Crippen LogP contribution in [0.3, 0.4) is 0 Å². The average molecular weight is 512 g/mol. The number of nitrogens with one attached hydrogen (secondary N) is 1. The van der Waals surface area contributed by atoms with Crippen molar-refractivity contribution in [3.8, 4) is 11.3 Å². The molecule has 4 aromatic rings. The van der Waals surface area contributed by atoms with Crippen molar-refractivity contribution in [3.63, 3.8) is 0 Å². The Hall–Kier alpha value is -3.94. The van der Waals surface area contributed by atoms with Gasteiger partial charge in [0.1, 0.15) is 11.3 Å². The quantitative estimate of drug-likeness (QED) is 0.344. The molecule has 0 unspecified atom stereocenters. The highest BCUT2D eigenvalue weighted by atomic mass is 16.4. The number of likely N-dealkylation sites (N-methyl/N-ethyl adjacent to an activating group) is 1. The number of benzene rings is 3. The maximum Gasteiger partial charge on any atom is 0.337 e. The van der Waals surface area contributed by atoms with Crippen LogP contribution < -0.4 is 10.7 Å². The van der Waals surface area contributed by atoms with Gasteiger partial charge >= 0.3 is 5.97 Å². The molecular formula is C31H33N3O4. The van der Waals surface area contributed by atoms with Gasteiger partial charge in [0.05, 0.1) is 17.0 Å². The molecule has 0 radical (unpaired) electrons. The highest BCUT2D eigenvalue weighted by molar-refractivity contribution is 5.94. The first-order valence-electron chi connectivity index (χ1n) is 13.0. The molecular weight excluding hydrogens is 478 g/mol. The molecule has 1 aromatic heterocycles. The second kappa shape index (κ2) is 10.8. The second-order valence-corrected chi connectivity index (χ2v) is 10.2. The molecule has 196 valence electrons. The van der Waals surface area contributed by atoms with Gasteiger partial charge in [0.25, 0.3) is 0 Å². The molecule has 1 saturated heterocycles. The molecule has 0 bridgehead atoms. The maximum atomic E-state index is 13.2. The zero-order valence-electron chi connectivity index (χ0n) is 22.0. The topological polar surface area (TPSA) is 86.0 Å². The number of carbonyl (C=O) groups is 1. The number of hydrogen-bond acceptors (Lipinski definition) is 6. The summed E-state index contributed by atoms with van der Waals surface area (Å²) in [6.45, 7) is 9.06. The van der Waals surface area contributed by atoms with Crippen molar-refractivity contribution in [3.05, 3.63) is 99.2 Å². The number of aromatic carboxylic acids is 1. The molecule has 7 nitrogen and oxygen atoms in total. The molecule has 1 aliphatic heterocycles. The third-order valence-corrected chi connectivity index (χ3v) is 7.24. The number of piperazine rings is 1. The van der Waals surface area contributed by atoms with Crippen molar-refractivity contribution in [2.45, 2.75) is 26.4 Å². The van der Waals surface area contributed by atoms with Gasteiger partial charge in [-0.25, -0.2) is 4.79 Å². The smallest absolute Gasteiger partial charge is 0.337 e. The van der Waals surface area contributed by atoms with E-state index in [2.05, 4.69) is 34.3 Å². The lowest BCUT2D eigenvalue weighted by atomic mass is 10.00. The minimum Gasteiger partial charge on any atom is -0.478 e. The Morgan fingerprint density at radius 1 is 1.03 bits per heavy atom. The van der Waals surface area contributed by atoms with E-state index in [0.29, 0.717) is 22.4 Å². The van der Waals surface area contributed by atoms with E-state index < -0.39 is 5.97 Å². The lowest BCUT2D eigenvalue weighted by Crippen LogP contribution is -2.43. The summed E-state index contributed by atoms with van der Waals surface area (Å²) in [5, 5.41) is 13.4. The third kappa shape index (κ3) is 5.49. The average Bonchev–Trinajstić information content (AvgIpc) is 2.90. The second-order valence-electron chi connectivity index (χ2n) is 10.2. The van der Waals surface area contributed by atoms with Gasteiger partial charge in [0, 0.05) is 55.6 Å². The minimum absolute atomic E-state index is 0.106. The lowest BCUT2D eigenvalue weighted by molar-refractivity contribution is 0.0698. The number of carboxylic acids is 1. The molecule has 1 atom stereocenters. The Bertz CT molecular complexity index is 1520. The van der Waals surface area contributed by atoms with Crippen molar-refractivity contribution >= 4 is 22.6 Å². The Morgan fingerprint density at radius 2 is 1.74 bits per heavy atom. The number of para-hydroxylation sites is 1. The normalized spacial score (nSPS) is 15.4. The predicted molar refractivity (Wildman–Crippen MR) is 151 cm³/mol. The summed E-state index contributed by atoms with van der Waals surface area (Å²) in [6, 6.07) is 20.1. The number of anilines is 1. The van der Waals surface area contributed by atoms with E-state index in [1.807, 2.05) is 38.1 Å². The summed E-state index contributed by atoms with van der Waals surface area (Å²) in [7, 11) is 2.15. The Kier molecular flexibility index (Phi) is 7.31. The van der Waals surface area contributed by atoms with E-state index in [0.717, 1.165) is 49.4 Å². The first-order chi connectivity index (χ1) is 18.3. The van der Waals surface area contributed by atoms with Crippen LogP contribution in [0, 0.1) is 6.92 Å². The summed E-state index contributed by atoms with van der Waals surface area (Å²) in [6.07, 6.45) is 0. The van der Waals surface area contributed by atoms with Gasteiger partial charge in [-0.2, -0.15) is 0 Å². The monoisotopic (exact) mass is 511 g/mol. The molecule has 0 saturated carbocycles. The van der Waals surface area contributed by atoms with Crippen LogP contribution in [0.25, 0.3) is 22.3 Å². The van der Waals surface area contributed by atoms with Crippen LogP contribution in [0.15, 0.2) is 75.9 Å². The first-order valence-corrected chi connectivity index (χ1v) is 13.0. The van der Waals surface area contributed by atoms with E-state index in [4.69, 9.17) is 4.42 Å². The molecule has 5 rings (SSSR count). The van der Waals surface area contributed by atoms with Gasteiger partial charge in [0.2, 0.25) is 0 Å². The number of rotatable bonds is 7. The Labute approximate surface area is 222 Å². The maximum absolute atomic E-state index is 13.2. The van der Waals surface area contributed by atoms with Crippen LogP contribution in [0.1, 0.15) is 40.0 Å². The summed E-state index contributed by atoms with van der Waals surface area (Å²) in [5.74, 6) is -0.490. The molecule has 0 amide bonds. The van der Waals surface area contributed by atoms with Gasteiger partial charge in [-0.05, 0) is 50.2 Å². The van der Waals surface area contributed by atoms with Crippen LogP contribution >= 0.6 is 0 Å². The minimum atomic E-state index is -1.00. The van der Waals surface area contributed by atoms with Crippen LogP contribution in [-0.2, 0) is 6.54 Å². The molecule has 3 aromatic carbocycles. The van der Waals surface area contributed by atoms with Crippen molar-refractivity contribution in [1.82, 2.24) is 9.80 Å². The van der Waals surface area contributed by atoms with Crippen molar-refractivity contribution in [2.24, 2.45) is 0 Å². The molecule has 1 fully saturated rings. The Morgan fingerprint density at radius 3 is 2.45 bits per heavy atom. The zero-order chi connectivity index (χ0) is 26.8. The number of aryl methyl sites for hydroxylation is 1. The fourth-order valence-corrected chi connectivity index (χ4v) is 5.04. The first kappa shape index (κ1) is 25.7. The highest BCUT2D eigenvalue weighted by Crippen LogP contribution is 2.31. The van der Waals surface area contributed by atoms with E-state index in [1.54, 1.807) is 30.3 Å². The van der Waals surface area contributed by atoms with Crippen LogP contribution in [0.5, 0.6) is 0 Å². The SMILES string of the molecule is Cc1cc([C@@H](C)Nc2ccccc2C(=O)O)c2oc(-c3ccc(CN4CCN(C)CC4)cc3)cc(=O)c2c1. The predicted octanol–water partition coefficient (Wildman–Crippen LogP) is 5.39. The van der Waals surface area contributed by atoms with E-state index in [1.165, 1.54) is 5.56 Å². The van der Waals surface area contributed by atoms with Crippen molar-refractivity contribution in [1.29, 1.82) is 0 Å². The number of nitrogens with zero attached hydrogens (tertiary/aromatic N) is 2. The zero-order valence-corrected chi connectivity index (χ0v) is 22.0. The third-order valence-electron chi connectivity index (χ3n) is 7.24. The standard InChI is InChI=1S/C31H33N3O4/c1-20-16-25(21(2)32-27-7-5-4-6-24(27)31(36)37)30-26(17-20)28(35)18-29(38-30)23-10-8-22(9-11-23)19-34-14-12-33(3)13-15-34/h4-11,16-18,21,32H,12-15,19H2,1-3H3,(H,36,37)/t21-/m1/s1. The molecule has 0 spiro atoms. The fraction of sp³-hybridized carbons (Fsp3) is 0.290. The summed E-state index contributed by atoms with van der Waals surface area (Å²) in [5.41, 5.74) is 4.90. The fourth-order valence-electron chi connectivity index (χ4n) is 5.04. The molecule has 2 N–H and O–H groups in total. The van der Waals surface area contributed by atoms with Crippen molar-refractivity contribution < 1.29 is 14.3 Å². The summed E-state index contributed by atoms with van der Waals surface area (Å²) in [4.78, 5) is 29.7. The van der Waals surface area contributed by atoms with Gasteiger partial charge < -0.3 is 19.7 Å². The number of fused-ring (bicyclic) bond motifs is 1. The molecule has 2 heterocycles. The van der Waals surface area contributed by atoms with E-state index in [-0.39, 0.29) is 17.0 Å². The molecule has 1 aliphatic rings. The van der Waals surface area contributed by atoms with E-state index >= 15 is 0 Å². The van der Waals surface area contributed by atoms with Crippen molar-refractivity contribution in [2.75, 3.05) is 38.5 Å². The van der Waals surface area contributed by atoms with Gasteiger partial charge in [0.15, 0.2) is 5.43 Å². The summed E-state index contributed by atoms with van der Waals surface area (Å²) < 4.78 is 6.38. The largest absolute Gasteiger partial charge is 0.478 e. The lowest BCUT2D eigenvalue weighted by Gasteiger charge is -2.32. The molecule has 0 aliphatic carbocycles. The molecule has 38 heavy (non-hydrogen) atoms.